The van der Waals surface area contributed by atoms with Gasteiger partial charge in [-0.3, -0.25) is 14.9 Å². The first kappa shape index (κ1) is 21.9. The van der Waals surface area contributed by atoms with E-state index in [0.717, 1.165) is 31.4 Å². The normalized spacial score (nSPS) is 15.0. The molecule has 1 aromatic rings. The molecule has 0 unspecified atom stereocenters. The second-order valence-electron chi connectivity index (χ2n) is 6.71. The lowest BCUT2D eigenvalue weighted by atomic mass is 9.81. The number of likely N-dealkylation sites (N-methyl/N-ethyl adjacent to an activating group) is 1. The number of amides is 1. The largest absolute Gasteiger partial charge is 0.493 e. The molecule has 2 rings (SSSR count). The van der Waals surface area contributed by atoms with Crippen LogP contribution in [0, 0.1) is 21.4 Å². The van der Waals surface area contributed by atoms with Gasteiger partial charge in [0.25, 0.3) is 11.6 Å². The number of methoxy groups -OCH3 is 2. The zero-order chi connectivity index (χ0) is 21.6. The highest BCUT2D eigenvalue weighted by atomic mass is 16.6. The highest BCUT2D eigenvalue weighted by Gasteiger charge is 2.39. The number of benzene rings is 1. The Morgan fingerprint density at radius 2 is 1.79 bits per heavy atom. The molecule has 1 saturated carbocycles. The van der Waals surface area contributed by atoms with E-state index in [2.05, 4.69) is 6.07 Å². The molecule has 10 nitrogen and oxygen atoms in total. The second kappa shape index (κ2) is 9.23. The molecular formula is C19H23N3O7. The summed E-state index contributed by atoms with van der Waals surface area (Å²) < 4.78 is 15.1. The van der Waals surface area contributed by atoms with E-state index in [1.807, 2.05) is 0 Å². The number of carbonyl (C=O) groups excluding carboxylic acids is 2. The van der Waals surface area contributed by atoms with Gasteiger partial charge in [0.2, 0.25) is 0 Å². The van der Waals surface area contributed by atoms with Gasteiger partial charge in [-0.15, -0.1) is 0 Å². The lowest BCUT2D eigenvalue weighted by Crippen LogP contribution is -2.51. The van der Waals surface area contributed by atoms with Crippen molar-refractivity contribution in [1.82, 2.24) is 4.90 Å². The van der Waals surface area contributed by atoms with Crippen LogP contribution in [0.1, 0.15) is 42.5 Å². The summed E-state index contributed by atoms with van der Waals surface area (Å²) in [6, 6.07) is 4.40. The molecule has 1 aliphatic rings. The SMILES string of the molecule is COc1cc(C(=O)OCC(=O)N(C)C2(C#N)CCCCC2)c([N+](=O)[O-])cc1OC. The molecule has 1 fully saturated rings. The number of hydrogen-bond acceptors (Lipinski definition) is 8. The Morgan fingerprint density at radius 1 is 1.21 bits per heavy atom. The predicted molar refractivity (Wildman–Crippen MR) is 101 cm³/mol. The van der Waals surface area contributed by atoms with E-state index >= 15 is 0 Å². The zero-order valence-electron chi connectivity index (χ0n) is 16.6. The smallest absolute Gasteiger partial charge is 0.345 e. The van der Waals surface area contributed by atoms with Gasteiger partial charge in [-0.2, -0.15) is 5.26 Å². The maximum Gasteiger partial charge on any atom is 0.345 e. The van der Waals surface area contributed by atoms with E-state index in [1.54, 1.807) is 0 Å². The third-order valence-corrected chi connectivity index (χ3v) is 5.15. The molecule has 0 radical (unpaired) electrons. The van der Waals surface area contributed by atoms with Crippen LogP contribution in [0.2, 0.25) is 0 Å². The van der Waals surface area contributed by atoms with Gasteiger partial charge in [0.1, 0.15) is 11.1 Å². The van der Waals surface area contributed by atoms with Crippen molar-refractivity contribution in [3.63, 3.8) is 0 Å². The number of rotatable bonds is 7. The van der Waals surface area contributed by atoms with Crippen LogP contribution in [-0.2, 0) is 9.53 Å². The Balaban J connectivity index is 2.17. The molecule has 0 aromatic heterocycles. The minimum absolute atomic E-state index is 0.0832. The van der Waals surface area contributed by atoms with E-state index in [9.17, 15) is 25.0 Å². The lowest BCUT2D eigenvalue weighted by molar-refractivity contribution is -0.385. The monoisotopic (exact) mass is 405 g/mol. The van der Waals surface area contributed by atoms with Gasteiger partial charge >= 0.3 is 5.97 Å². The predicted octanol–water partition coefficient (Wildman–Crippen LogP) is 2.45. The number of hydrogen-bond donors (Lipinski definition) is 0. The van der Waals surface area contributed by atoms with Gasteiger partial charge in [-0.1, -0.05) is 19.3 Å². The van der Waals surface area contributed by atoms with Crippen LogP contribution in [0.25, 0.3) is 0 Å². The summed E-state index contributed by atoms with van der Waals surface area (Å²) in [5, 5.41) is 20.9. The molecule has 0 heterocycles. The molecule has 0 spiro atoms. The van der Waals surface area contributed by atoms with Gasteiger partial charge in [-0.05, 0) is 12.8 Å². The molecule has 0 aliphatic heterocycles. The second-order valence-corrected chi connectivity index (χ2v) is 6.71. The Morgan fingerprint density at radius 3 is 2.31 bits per heavy atom. The molecule has 1 aliphatic carbocycles. The number of nitro benzene ring substituents is 1. The van der Waals surface area contributed by atoms with Crippen molar-refractivity contribution in [3.8, 4) is 17.6 Å². The molecule has 1 amide bonds. The number of nitrogens with zero attached hydrogens (tertiary/aromatic N) is 3. The average Bonchev–Trinajstić information content (AvgIpc) is 2.75. The highest BCUT2D eigenvalue weighted by molar-refractivity contribution is 5.96. The molecule has 0 atom stereocenters. The van der Waals surface area contributed by atoms with Crippen LogP contribution >= 0.6 is 0 Å². The van der Waals surface area contributed by atoms with E-state index < -0.39 is 34.6 Å². The van der Waals surface area contributed by atoms with Crippen molar-refractivity contribution in [2.45, 2.75) is 37.6 Å². The van der Waals surface area contributed by atoms with E-state index in [1.165, 1.54) is 26.2 Å². The van der Waals surface area contributed by atoms with E-state index in [0.29, 0.717) is 12.8 Å². The fourth-order valence-electron chi connectivity index (χ4n) is 3.38. The maximum atomic E-state index is 12.5. The van der Waals surface area contributed by atoms with Crippen molar-refractivity contribution < 1.29 is 28.7 Å². The average molecular weight is 405 g/mol. The van der Waals surface area contributed by atoms with Crippen LogP contribution in [-0.4, -0.2) is 55.1 Å². The van der Waals surface area contributed by atoms with E-state index in [-0.39, 0.29) is 17.1 Å². The standard InChI is InChI=1S/C19H23N3O7/c1-21(19(12-20)7-5-4-6-8-19)17(23)11-29-18(24)13-9-15(27-2)16(28-3)10-14(13)22(25)26/h9-10H,4-8,11H2,1-3H3. The van der Waals surface area contributed by atoms with Crippen molar-refractivity contribution in [2.24, 2.45) is 0 Å². The summed E-state index contributed by atoms with van der Waals surface area (Å²) in [7, 11) is 4.14. The number of esters is 1. The first-order chi connectivity index (χ1) is 13.8. The maximum absolute atomic E-state index is 12.5. The molecule has 29 heavy (non-hydrogen) atoms. The van der Waals surface area contributed by atoms with Crippen LogP contribution in [0.3, 0.4) is 0 Å². The molecule has 10 heteroatoms. The van der Waals surface area contributed by atoms with Gasteiger partial charge in [0, 0.05) is 13.1 Å². The number of ether oxygens (including phenoxy) is 3. The van der Waals surface area contributed by atoms with Gasteiger partial charge < -0.3 is 19.1 Å². The molecule has 0 N–H and O–H groups in total. The third-order valence-electron chi connectivity index (χ3n) is 5.15. The summed E-state index contributed by atoms with van der Waals surface area (Å²) >= 11 is 0. The van der Waals surface area contributed by atoms with Crippen LogP contribution < -0.4 is 9.47 Å². The zero-order valence-corrected chi connectivity index (χ0v) is 16.6. The van der Waals surface area contributed by atoms with E-state index in [4.69, 9.17) is 14.2 Å². The van der Waals surface area contributed by atoms with Crippen LogP contribution in [0.5, 0.6) is 11.5 Å². The number of nitriles is 1. The molecular weight excluding hydrogens is 382 g/mol. The first-order valence-corrected chi connectivity index (χ1v) is 9.05. The number of nitro groups is 1. The Labute approximate surface area is 168 Å². The Bertz CT molecular complexity index is 841. The third kappa shape index (κ3) is 4.56. The topological polar surface area (TPSA) is 132 Å². The molecule has 156 valence electrons. The Hall–Kier alpha value is -3.35. The van der Waals surface area contributed by atoms with Crippen molar-refractivity contribution in [1.29, 1.82) is 5.26 Å². The Kier molecular flexibility index (Phi) is 6.98. The molecule has 1 aromatic carbocycles. The summed E-state index contributed by atoms with van der Waals surface area (Å²) in [6.45, 7) is -0.635. The van der Waals surface area contributed by atoms with Gasteiger partial charge in [0.05, 0.1) is 31.3 Å². The van der Waals surface area contributed by atoms with Gasteiger partial charge in [0.15, 0.2) is 18.1 Å². The quantitative estimate of drug-likeness (QED) is 0.384. The summed E-state index contributed by atoms with van der Waals surface area (Å²) in [5.41, 5.74) is -1.82. The summed E-state index contributed by atoms with van der Waals surface area (Å²) in [6.07, 6.45) is 3.79. The molecule has 0 bridgehead atoms. The first-order valence-electron chi connectivity index (χ1n) is 9.05. The summed E-state index contributed by atoms with van der Waals surface area (Å²) in [4.78, 5) is 36.8. The van der Waals surface area contributed by atoms with Crippen LogP contribution in [0.15, 0.2) is 12.1 Å². The fourth-order valence-corrected chi connectivity index (χ4v) is 3.38. The summed E-state index contributed by atoms with van der Waals surface area (Å²) in [5.74, 6) is -1.40. The minimum atomic E-state index is -1.05. The lowest BCUT2D eigenvalue weighted by Gasteiger charge is -2.38. The van der Waals surface area contributed by atoms with Gasteiger partial charge in [-0.25, -0.2) is 4.79 Å². The van der Waals surface area contributed by atoms with Crippen molar-refractivity contribution in [2.75, 3.05) is 27.9 Å². The molecule has 0 saturated heterocycles. The fraction of sp³-hybridized carbons (Fsp3) is 0.526. The van der Waals surface area contributed by atoms with Crippen molar-refractivity contribution in [3.05, 3.63) is 27.8 Å². The van der Waals surface area contributed by atoms with Crippen LogP contribution in [0.4, 0.5) is 5.69 Å². The van der Waals surface area contributed by atoms with Crippen molar-refractivity contribution >= 4 is 17.6 Å². The minimum Gasteiger partial charge on any atom is -0.493 e. The number of carbonyl (C=O) groups is 2. The highest BCUT2D eigenvalue weighted by Crippen LogP contribution is 2.35.